The van der Waals surface area contributed by atoms with E-state index in [1.54, 1.807) is 0 Å². The molecule has 0 saturated carbocycles. The molecule has 1 saturated heterocycles. The third kappa shape index (κ3) is 5.64. The number of ether oxygens (including phenoxy) is 2. The highest BCUT2D eigenvalue weighted by atomic mass is 32.2. The molecule has 1 aliphatic rings. The van der Waals surface area contributed by atoms with Gasteiger partial charge in [-0.3, -0.25) is 0 Å². The fourth-order valence-corrected chi connectivity index (χ4v) is 3.18. The molecule has 19 heavy (non-hydrogen) atoms. The summed E-state index contributed by atoms with van der Waals surface area (Å²) in [6.45, 7) is 1.18. The maximum Gasteiger partial charge on any atom is 0.414 e. The predicted octanol–water partition coefficient (Wildman–Crippen LogP) is 1.04. The normalized spacial score (nSPS) is 22.2. The standard InChI is InChI=1S/C10H18F3NO4S/c1-8(10(11,12)13)18-6-9(7-19(14,15)16)2-4-17-5-3-9/h8H,2-7H2,1H3,(H2,14,15,16). The van der Waals surface area contributed by atoms with Crippen molar-refractivity contribution in [2.75, 3.05) is 25.6 Å². The molecule has 2 N–H and O–H groups in total. The minimum absolute atomic E-state index is 0.291. The topological polar surface area (TPSA) is 78.6 Å². The summed E-state index contributed by atoms with van der Waals surface area (Å²) in [4.78, 5) is 0. The number of hydrogen-bond acceptors (Lipinski definition) is 4. The van der Waals surface area contributed by atoms with Crippen LogP contribution in [0.1, 0.15) is 19.8 Å². The fourth-order valence-electron chi connectivity index (χ4n) is 1.96. The average molecular weight is 305 g/mol. The highest BCUT2D eigenvalue weighted by Gasteiger charge is 2.41. The third-order valence-corrected chi connectivity index (χ3v) is 4.18. The molecule has 0 aromatic heterocycles. The first-order valence-electron chi connectivity index (χ1n) is 5.81. The molecule has 0 aliphatic carbocycles. The van der Waals surface area contributed by atoms with Gasteiger partial charge in [-0.05, 0) is 19.8 Å². The van der Waals surface area contributed by atoms with Gasteiger partial charge in [-0.2, -0.15) is 13.2 Å². The maximum atomic E-state index is 12.4. The van der Waals surface area contributed by atoms with Crippen molar-refractivity contribution in [2.45, 2.75) is 32.0 Å². The second-order valence-corrected chi connectivity index (χ2v) is 6.53. The molecule has 5 nitrogen and oxygen atoms in total. The Morgan fingerprint density at radius 2 is 1.89 bits per heavy atom. The van der Waals surface area contributed by atoms with Crippen LogP contribution in [-0.2, 0) is 19.5 Å². The van der Waals surface area contributed by atoms with Gasteiger partial charge in [0, 0.05) is 18.6 Å². The van der Waals surface area contributed by atoms with Crippen molar-refractivity contribution in [1.82, 2.24) is 0 Å². The van der Waals surface area contributed by atoms with Crippen LogP contribution in [0.3, 0.4) is 0 Å². The summed E-state index contributed by atoms with van der Waals surface area (Å²) >= 11 is 0. The highest BCUT2D eigenvalue weighted by Crippen LogP contribution is 2.34. The van der Waals surface area contributed by atoms with Gasteiger partial charge >= 0.3 is 6.18 Å². The van der Waals surface area contributed by atoms with Crippen LogP contribution in [0.25, 0.3) is 0 Å². The summed E-state index contributed by atoms with van der Waals surface area (Å²) < 4.78 is 69.4. The van der Waals surface area contributed by atoms with Crippen molar-refractivity contribution >= 4 is 10.0 Å². The van der Waals surface area contributed by atoms with E-state index in [-0.39, 0.29) is 6.61 Å². The second kappa shape index (κ2) is 5.94. The van der Waals surface area contributed by atoms with E-state index in [2.05, 4.69) is 0 Å². The first-order chi connectivity index (χ1) is 8.54. The van der Waals surface area contributed by atoms with Crippen molar-refractivity contribution in [3.05, 3.63) is 0 Å². The van der Waals surface area contributed by atoms with Gasteiger partial charge in [0.05, 0.1) is 12.4 Å². The van der Waals surface area contributed by atoms with Gasteiger partial charge in [-0.15, -0.1) is 0 Å². The summed E-state index contributed by atoms with van der Waals surface area (Å²) in [5, 5.41) is 5.00. The molecule has 114 valence electrons. The van der Waals surface area contributed by atoms with Crippen LogP contribution in [0.15, 0.2) is 0 Å². The van der Waals surface area contributed by atoms with Crippen LogP contribution in [0.4, 0.5) is 13.2 Å². The summed E-state index contributed by atoms with van der Waals surface area (Å²) in [6.07, 6.45) is -5.77. The van der Waals surface area contributed by atoms with Crippen LogP contribution < -0.4 is 5.14 Å². The quantitative estimate of drug-likeness (QED) is 0.823. The largest absolute Gasteiger partial charge is 0.414 e. The van der Waals surface area contributed by atoms with E-state index in [0.717, 1.165) is 6.92 Å². The third-order valence-electron chi connectivity index (χ3n) is 3.16. The molecule has 0 radical (unpaired) electrons. The van der Waals surface area contributed by atoms with Gasteiger partial charge in [0.25, 0.3) is 0 Å². The molecule has 0 aromatic rings. The van der Waals surface area contributed by atoms with Gasteiger partial charge in [0.2, 0.25) is 10.0 Å². The Labute approximate surface area is 110 Å². The van der Waals surface area contributed by atoms with E-state index in [4.69, 9.17) is 14.6 Å². The van der Waals surface area contributed by atoms with E-state index < -0.39 is 33.5 Å². The molecular formula is C10H18F3NO4S. The molecule has 0 aromatic carbocycles. The van der Waals surface area contributed by atoms with E-state index in [1.807, 2.05) is 0 Å². The Balaban J connectivity index is 2.70. The molecule has 1 aliphatic heterocycles. The minimum Gasteiger partial charge on any atom is -0.381 e. The zero-order valence-corrected chi connectivity index (χ0v) is 11.4. The molecule has 9 heteroatoms. The Bertz CT molecular complexity index is 390. The van der Waals surface area contributed by atoms with Gasteiger partial charge in [-0.25, -0.2) is 13.6 Å². The number of hydrogen-bond donors (Lipinski definition) is 1. The van der Waals surface area contributed by atoms with Crippen LogP contribution >= 0.6 is 0 Å². The number of sulfonamides is 1. The zero-order valence-electron chi connectivity index (χ0n) is 10.6. The van der Waals surface area contributed by atoms with Crippen molar-refractivity contribution in [1.29, 1.82) is 0 Å². The van der Waals surface area contributed by atoms with Crippen LogP contribution in [0, 0.1) is 5.41 Å². The zero-order chi connectivity index (χ0) is 14.7. The van der Waals surface area contributed by atoms with E-state index in [1.165, 1.54) is 0 Å². The molecule has 0 spiro atoms. The first-order valence-corrected chi connectivity index (χ1v) is 7.52. The maximum absolute atomic E-state index is 12.4. The molecule has 0 amide bonds. The number of nitrogens with two attached hydrogens (primary N) is 1. The SMILES string of the molecule is CC(OCC1(CS(N)(=O)=O)CCOCC1)C(F)(F)F. The lowest BCUT2D eigenvalue weighted by atomic mass is 9.83. The van der Waals surface area contributed by atoms with Gasteiger partial charge in [-0.1, -0.05) is 0 Å². The Hall–Kier alpha value is -0.380. The van der Waals surface area contributed by atoms with Gasteiger partial charge < -0.3 is 9.47 Å². The Morgan fingerprint density at radius 1 is 1.37 bits per heavy atom. The lowest BCUT2D eigenvalue weighted by molar-refractivity contribution is -0.223. The van der Waals surface area contributed by atoms with Crippen molar-refractivity contribution in [3.8, 4) is 0 Å². The highest BCUT2D eigenvalue weighted by molar-refractivity contribution is 7.89. The summed E-state index contributed by atoms with van der Waals surface area (Å²) in [5.74, 6) is -0.395. The molecule has 0 bridgehead atoms. The van der Waals surface area contributed by atoms with Gasteiger partial charge in [0.15, 0.2) is 6.10 Å². The molecule has 1 heterocycles. The van der Waals surface area contributed by atoms with Crippen molar-refractivity contribution in [2.24, 2.45) is 10.6 Å². The van der Waals surface area contributed by atoms with Crippen LogP contribution in [0.2, 0.25) is 0 Å². The minimum atomic E-state index is -4.46. The lowest BCUT2D eigenvalue weighted by Gasteiger charge is -2.37. The number of primary sulfonamides is 1. The molecule has 1 fully saturated rings. The number of rotatable bonds is 5. The smallest absolute Gasteiger partial charge is 0.381 e. The van der Waals surface area contributed by atoms with Crippen molar-refractivity contribution < 1.29 is 31.1 Å². The van der Waals surface area contributed by atoms with Gasteiger partial charge in [0.1, 0.15) is 0 Å². The van der Waals surface area contributed by atoms with E-state index in [9.17, 15) is 21.6 Å². The Morgan fingerprint density at radius 3 is 2.32 bits per heavy atom. The average Bonchev–Trinajstić information content (AvgIpc) is 2.23. The lowest BCUT2D eigenvalue weighted by Crippen LogP contribution is -2.44. The summed E-state index contributed by atoms with van der Waals surface area (Å²) in [7, 11) is -3.78. The first kappa shape index (κ1) is 16.7. The van der Waals surface area contributed by atoms with Crippen LogP contribution in [-0.4, -0.2) is 46.3 Å². The van der Waals surface area contributed by atoms with Crippen LogP contribution in [0.5, 0.6) is 0 Å². The molecule has 1 rings (SSSR count). The summed E-state index contributed by atoms with van der Waals surface area (Å²) in [5.41, 5.74) is -0.897. The monoisotopic (exact) mass is 305 g/mol. The number of alkyl halides is 3. The predicted molar refractivity (Wildman–Crippen MR) is 61.9 cm³/mol. The summed E-state index contributed by atoms with van der Waals surface area (Å²) in [6, 6.07) is 0. The fraction of sp³-hybridized carbons (Fsp3) is 1.00. The van der Waals surface area contributed by atoms with Crippen molar-refractivity contribution in [3.63, 3.8) is 0 Å². The molecule has 1 unspecified atom stereocenters. The molecule has 1 atom stereocenters. The Kier molecular flexibility index (Phi) is 5.21. The molecular weight excluding hydrogens is 287 g/mol. The van der Waals surface area contributed by atoms with E-state index in [0.29, 0.717) is 26.1 Å². The number of halogens is 3. The van der Waals surface area contributed by atoms with E-state index >= 15 is 0 Å². The second-order valence-electron chi connectivity index (χ2n) is 4.91.